The maximum absolute atomic E-state index is 13.0. The zero-order valence-corrected chi connectivity index (χ0v) is 20.7. The summed E-state index contributed by atoms with van der Waals surface area (Å²) in [5.41, 5.74) is 3.17. The van der Waals surface area contributed by atoms with E-state index >= 15 is 0 Å². The van der Waals surface area contributed by atoms with E-state index in [0.29, 0.717) is 41.1 Å². The number of morpholine rings is 1. The van der Waals surface area contributed by atoms with Crippen molar-refractivity contribution in [2.45, 2.75) is 31.9 Å². The van der Waals surface area contributed by atoms with Crippen LogP contribution in [0.5, 0.6) is 0 Å². The van der Waals surface area contributed by atoms with Gasteiger partial charge >= 0.3 is 0 Å². The minimum absolute atomic E-state index is 0.0757. The number of carbonyl (C=O) groups excluding carboxylic acids is 2. The number of aromatic nitrogens is 3. The van der Waals surface area contributed by atoms with Gasteiger partial charge in [-0.15, -0.1) is 0 Å². The molecule has 2 aliphatic rings. The van der Waals surface area contributed by atoms with E-state index in [1.54, 1.807) is 6.20 Å². The first kappa shape index (κ1) is 24.0. The van der Waals surface area contributed by atoms with Crippen molar-refractivity contribution >= 4 is 52.7 Å². The molecule has 5 rings (SSSR count). The van der Waals surface area contributed by atoms with Crippen LogP contribution in [0.25, 0.3) is 10.9 Å². The average molecular weight is 506 g/mol. The molecule has 10 nitrogen and oxygen atoms in total. The van der Waals surface area contributed by atoms with Gasteiger partial charge in [0, 0.05) is 18.1 Å². The first-order chi connectivity index (χ1) is 17.5. The number of H-pyrrole nitrogens is 1. The van der Waals surface area contributed by atoms with Crippen molar-refractivity contribution in [3.63, 3.8) is 0 Å². The van der Waals surface area contributed by atoms with Crippen molar-refractivity contribution < 1.29 is 14.3 Å². The van der Waals surface area contributed by atoms with Crippen LogP contribution in [0.1, 0.15) is 17.7 Å². The van der Waals surface area contributed by atoms with Crippen LogP contribution >= 0.6 is 11.8 Å². The number of aromatic amines is 1. The largest absolute Gasteiger partial charge is 0.374 e. The lowest BCUT2D eigenvalue weighted by atomic mass is 10.1. The summed E-state index contributed by atoms with van der Waals surface area (Å²) in [4.78, 5) is 36.4. The first-order valence-electron chi connectivity index (χ1n) is 11.7. The number of aryl methyl sites for hydroxylation is 1. The number of hydrogen-bond acceptors (Lipinski definition) is 8. The van der Waals surface area contributed by atoms with E-state index in [1.165, 1.54) is 18.0 Å². The summed E-state index contributed by atoms with van der Waals surface area (Å²) in [5, 5.41) is 14.0. The Bertz CT molecular complexity index is 1340. The SMILES string of the molecule is C=N/C=C(\SCNc1cccc(CC(=O)N2CCOC3CC32)n1)C(=O)Nc1c(C)ccc2[nH]ncc12. The molecule has 2 amide bonds. The van der Waals surface area contributed by atoms with Gasteiger partial charge in [-0.1, -0.05) is 23.9 Å². The summed E-state index contributed by atoms with van der Waals surface area (Å²) in [6, 6.07) is 9.62. The quantitative estimate of drug-likeness (QED) is 0.232. The van der Waals surface area contributed by atoms with Gasteiger partial charge in [-0.3, -0.25) is 19.7 Å². The zero-order chi connectivity index (χ0) is 25.1. The monoisotopic (exact) mass is 505 g/mol. The van der Waals surface area contributed by atoms with Crippen LogP contribution in [0.3, 0.4) is 0 Å². The van der Waals surface area contributed by atoms with Gasteiger partial charge in [0.25, 0.3) is 5.91 Å². The summed E-state index contributed by atoms with van der Waals surface area (Å²) in [5.74, 6) is 0.791. The van der Waals surface area contributed by atoms with Crippen LogP contribution in [0, 0.1) is 6.92 Å². The van der Waals surface area contributed by atoms with Gasteiger partial charge in [0.05, 0.1) is 59.1 Å². The van der Waals surface area contributed by atoms with Gasteiger partial charge in [-0.05, 0) is 43.8 Å². The fourth-order valence-electron chi connectivity index (χ4n) is 4.28. The Kier molecular flexibility index (Phi) is 7.01. The van der Waals surface area contributed by atoms with Crippen molar-refractivity contribution in [2.24, 2.45) is 4.99 Å². The van der Waals surface area contributed by atoms with Gasteiger partial charge < -0.3 is 20.3 Å². The highest BCUT2D eigenvalue weighted by Gasteiger charge is 2.47. The lowest BCUT2D eigenvalue weighted by Crippen LogP contribution is -2.42. The molecule has 2 atom stereocenters. The number of ether oxygens (including phenoxy) is 1. The number of aliphatic imine (C=N–C) groups is 1. The van der Waals surface area contributed by atoms with E-state index in [4.69, 9.17) is 4.74 Å². The third kappa shape index (κ3) is 5.26. The Morgan fingerprint density at radius 3 is 3.11 bits per heavy atom. The molecule has 36 heavy (non-hydrogen) atoms. The van der Waals surface area contributed by atoms with E-state index < -0.39 is 0 Å². The molecule has 11 heteroatoms. The van der Waals surface area contributed by atoms with Crippen LogP contribution in [0.4, 0.5) is 11.5 Å². The Morgan fingerprint density at radius 2 is 2.25 bits per heavy atom. The normalized spacial score (nSPS) is 19.0. The maximum Gasteiger partial charge on any atom is 0.263 e. The molecule has 1 aromatic carbocycles. The van der Waals surface area contributed by atoms with E-state index in [1.807, 2.05) is 42.2 Å². The molecular formula is C25H27N7O3S. The molecule has 0 radical (unpaired) electrons. The molecule has 0 spiro atoms. The van der Waals surface area contributed by atoms with Crippen molar-refractivity contribution in [3.05, 3.63) is 58.9 Å². The molecule has 2 aromatic heterocycles. The number of amides is 2. The van der Waals surface area contributed by atoms with Crippen molar-refractivity contribution in [3.8, 4) is 0 Å². The minimum Gasteiger partial charge on any atom is -0.374 e. The number of carbonyl (C=O) groups is 2. The van der Waals surface area contributed by atoms with Gasteiger partial charge in [-0.2, -0.15) is 5.10 Å². The van der Waals surface area contributed by atoms with Crippen LogP contribution in [-0.2, 0) is 20.7 Å². The third-order valence-corrected chi connectivity index (χ3v) is 7.10. The van der Waals surface area contributed by atoms with Crippen LogP contribution in [-0.4, -0.2) is 69.8 Å². The molecule has 3 N–H and O–H groups in total. The van der Waals surface area contributed by atoms with Crippen LogP contribution in [0.15, 0.2) is 52.6 Å². The molecule has 1 aliphatic heterocycles. The van der Waals surface area contributed by atoms with Crippen molar-refractivity contribution in [1.29, 1.82) is 0 Å². The summed E-state index contributed by atoms with van der Waals surface area (Å²) in [6.07, 6.45) is 4.51. The molecule has 2 unspecified atom stereocenters. The minimum atomic E-state index is -0.290. The molecule has 1 aliphatic carbocycles. The predicted octanol–water partition coefficient (Wildman–Crippen LogP) is 3.09. The summed E-state index contributed by atoms with van der Waals surface area (Å²) >= 11 is 1.28. The van der Waals surface area contributed by atoms with Crippen LogP contribution < -0.4 is 10.6 Å². The maximum atomic E-state index is 13.0. The second-order valence-electron chi connectivity index (χ2n) is 8.67. The number of pyridine rings is 1. The molecule has 0 bridgehead atoms. The highest BCUT2D eigenvalue weighted by atomic mass is 32.2. The molecular weight excluding hydrogens is 478 g/mol. The van der Waals surface area contributed by atoms with Gasteiger partial charge in [0.15, 0.2) is 0 Å². The standard InChI is InChI=1S/C25H27N7O3S/c1-15-6-7-18-17(12-28-31-18)24(15)30-25(34)21(13-26-2)36-14-27-22-5-3-4-16(29-22)10-23(33)32-8-9-35-20-11-19(20)32/h3-7,12-13,19-20H,2,8-11,14H2,1H3,(H,27,29)(H,28,31)(H,30,34)/b21-13-. The topological polar surface area (TPSA) is 125 Å². The van der Waals surface area contributed by atoms with E-state index in [0.717, 1.165) is 22.9 Å². The summed E-state index contributed by atoms with van der Waals surface area (Å²) < 4.78 is 5.58. The van der Waals surface area contributed by atoms with E-state index in [9.17, 15) is 9.59 Å². The number of benzene rings is 1. The molecule has 3 aromatic rings. The fourth-order valence-corrected chi connectivity index (χ4v) is 4.98. The highest BCUT2D eigenvalue weighted by Crippen LogP contribution is 2.34. The molecule has 1 saturated carbocycles. The van der Waals surface area contributed by atoms with Gasteiger partial charge in [-0.25, -0.2) is 4.98 Å². The number of anilines is 2. The lowest BCUT2D eigenvalue weighted by Gasteiger charge is -2.26. The predicted molar refractivity (Wildman–Crippen MR) is 141 cm³/mol. The summed E-state index contributed by atoms with van der Waals surface area (Å²) in [7, 11) is 0. The molecule has 186 valence electrons. The number of rotatable bonds is 9. The summed E-state index contributed by atoms with van der Waals surface area (Å²) in [6.45, 7) is 6.65. The first-order valence-corrected chi connectivity index (χ1v) is 12.7. The highest BCUT2D eigenvalue weighted by molar-refractivity contribution is 8.04. The van der Waals surface area contributed by atoms with Gasteiger partial charge in [0.2, 0.25) is 5.91 Å². The smallest absolute Gasteiger partial charge is 0.263 e. The Morgan fingerprint density at radius 1 is 1.36 bits per heavy atom. The Balaban J connectivity index is 1.18. The molecule has 1 saturated heterocycles. The average Bonchev–Trinajstić information content (AvgIpc) is 3.52. The van der Waals surface area contributed by atoms with E-state index in [2.05, 4.69) is 37.5 Å². The third-order valence-electron chi connectivity index (χ3n) is 6.21. The van der Waals surface area contributed by atoms with Crippen molar-refractivity contribution in [2.75, 3.05) is 29.7 Å². The Hall–Kier alpha value is -3.70. The lowest BCUT2D eigenvalue weighted by molar-refractivity contribution is -0.134. The number of nitrogens with zero attached hydrogens (tertiary/aromatic N) is 4. The second kappa shape index (κ2) is 10.5. The molecule has 2 fully saturated rings. The van der Waals surface area contributed by atoms with Crippen LogP contribution in [0.2, 0.25) is 0 Å². The number of hydrogen-bond donors (Lipinski definition) is 3. The second-order valence-corrected chi connectivity index (χ2v) is 9.69. The van der Waals surface area contributed by atoms with Gasteiger partial charge in [0.1, 0.15) is 5.82 Å². The van der Waals surface area contributed by atoms with Crippen molar-refractivity contribution in [1.82, 2.24) is 20.1 Å². The van der Waals surface area contributed by atoms with E-state index in [-0.39, 0.29) is 30.4 Å². The fraction of sp³-hybridized carbons (Fsp3) is 0.320. The number of nitrogens with one attached hydrogen (secondary N) is 3. The zero-order valence-electron chi connectivity index (χ0n) is 19.9. The Labute approximate surface area is 212 Å². The molecule has 3 heterocycles. The number of thioether (sulfide) groups is 1. The number of fused-ring (bicyclic) bond motifs is 2.